The number of hydrogen-bond donors (Lipinski definition) is 0. The van der Waals surface area contributed by atoms with Crippen LogP contribution in [0.15, 0.2) is 35.5 Å². The quantitative estimate of drug-likeness (QED) is 0.623. The highest BCUT2D eigenvalue weighted by Gasteiger charge is 2.42. The number of rotatable bonds is 4. The summed E-state index contributed by atoms with van der Waals surface area (Å²) in [6.07, 6.45) is 7.16. The maximum atomic E-state index is 13.9. The molecule has 0 bridgehead atoms. The molecule has 0 saturated carbocycles. The number of amides is 1. The molecule has 2 aromatic rings. The average Bonchev–Trinajstić information content (AvgIpc) is 3.17. The summed E-state index contributed by atoms with van der Waals surface area (Å²) in [6.45, 7) is 4.94. The van der Waals surface area contributed by atoms with Crippen LogP contribution in [0, 0.1) is 5.92 Å². The van der Waals surface area contributed by atoms with Crippen molar-refractivity contribution in [1.82, 2.24) is 14.7 Å². The monoisotopic (exact) mass is 432 g/mol. The topological polar surface area (TPSA) is 50.5 Å². The van der Waals surface area contributed by atoms with E-state index in [0.29, 0.717) is 16.1 Å². The van der Waals surface area contributed by atoms with E-state index in [1.165, 1.54) is 6.42 Å². The third-order valence-corrected chi connectivity index (χ3v) is 6.79. The largest absolute Gasteiger partial charge is 0.339 e. The fraction of sp³-hybridized carbons (Fsp3) is 0.500. The third-order valence-electron chi connectivity index (χ3n) is 6.05. The van der Waals surface area contributed by atoms with Gasteiger partial charge in [0.25, 0.3) is 0 Å². The van der Waals surface area contributed by atoms with Gasteiger partial charge in [-0.25, -0.2) is 9.67 Å². The number of carbonyl (C=O) groups excluding carboxylic acids is 1. The van der Waals surface area contributed by atoms with Crippen LogP contribution in [0.3, 0.4) is 0 Å². The molecule has 4 rings (SSSR count). The molecule has 5 nitrogen and oxygen atoms in total. The molecule has 1 aromatic heterocycles. The molecule has 0 aliphatic carbocycles. The van der Waals surface area contributed by atoms with Gasteiger partial charge in [-0.15, -0.1) is 0 Å². The molecule has 1 saturated heterocycles. The first kappa shape index (κ1) is 20.4. The molecule has 1 amide bonds. The van der Waals surface area contributed by atoms with Crippen LogP contribution in [0.1, 0.15) is 57.6 Å². The van der Waals surface area contributed by atoms with Crippen LogP contribution in [0.4, 0.5) is 5.82 Å². The number of nitrogens with zero attached hydrogens (tertiary/aromatic N) is 4. The summed E-state index contributed by atoms with van der Waals surface area (Å²) in [7, 11) is 0. The Morgan fingerprint density at radius 3 is 2.79 bits per heavy atom. The lowest BCUT2D eigenvalue weighted by atomic mass is 9.85. The zero-order chi connectivity index (χ0) is 20.5. The molecule has 1 fully saturated rings. The van der Waals surface area contributed by atoms with E-state index in [2.05, 4.69) is 16.9 Å². The van der Waals surface area contributed by atoms with Crippen molar-refractivity contribution in [2.75, 3.05) is 6.54 Å². The number of hydrogen-bond acceptors (Lipinski definition) is 3. The van der Waals surface area contributed by atoms with Crippen LogP contribution in [-0.2, 0) is 4.79 Å². The fourth-order valence-corrected chi connectivity index (χ4v) is 4.98. The van der Waals surface area contributed by atoms with Crippen molar-refractivity contribution in [2.45, 2.75) is 58.0 Å². The first-order chi connectivity index (χ1) is 14.0. The summed E-state index contributed by atoms with van der Waals surface area (Å²) in [5, 5.41) is 5.47. The Bertz CT molecular complexity index is 937. The number of benzene rings is 1. The van der Waals surface area contributed by atoms with E-state index in [1.54, 1.807) is 12.3 Å². The second-order valence-corrected chi connectivity index (χ2v) is 8.77. The van der Waals surface area contributed by atoms with Crippen LogP contribution in [-0.4, -0.2) is 38.9 Å². The van der Waals surface area contributed by atoms with Crippen LogP contribution in [0.5, 0.6) is 0 Å². The normalized spacial score (nSPS) is 24.2. The van der Waals surface area contributed by atoms with E-state index >= 15 is 0 Å². The average molecular weight is 433 g/mol. The molecule has 2 aliphatic heterocycles. The van der Waals surface area contributed by atoms with Gasteiger partial charge in [0.2, 0.25) is 5.91 Å². The molecule has 3 unspecified atom stereocenters. The van der Waals surface area contributed by atoms with Crippen molar-refractivity contribution < 1.29 is 4.79 Å². The number of halogens is 2. The highest BCUT2D eigenvalue weighted by atomic mass is 35.5. The highest BCUT2D eigenvalue weighted by Crippen LogP contribution is 2.39. The van der Waals surface area contributed by atoms with E-state index in [-0.39, 0.29) is 11.9 Å². The van der Waals surface area contributed by atoms with Gasteiger partial charge in [-0.2, -0.15) is 5.10 Å². The minimum atomic E-state index is -0.405. The molecule has 1 aromatic carbocycles. The van der Waals surface area contributed by atoms with Gasteiger partial charge < -0.3 is 4.90 Å². The van der Waals surface area contributed by atoms with Gasteiger partial charge in [-0.05, 0) is 50.3 Å². The third kappa shape index (κ3) is 3.82. The van der Waals surface area contributed by atoms with Crippen molar-refractivity contribution in [3.8, 4) is 0 Å². The van der Waals surface area contributed by atoms with Crippen molar-refractivity contribution in [2.24, 2.45) is 10.9 Å². The van der Waals surface area contributed by atoms with Gasteiger partial charge in [-0.1, -0.05) is 42.6 Å². The number of carbonyl (C=O) groups is 1. The second-order valence-electron chi connectivity index (χ2n) is 7.95. The molecule has 3 heterocycles. The number of fused-ring (bicyclic) bond motifs is 1. The molecule has 3 atom stereocenters. The van der Waals surface area contributed by atoms with Gasteiger partial charge in [0, 0.05) is 24.4 Å². The summed E-state index contributed by atoms with van der Waals surface area (Å²) in [4.78, 5) is 20.7. The molecule has 0 spiro atoms. The molecule has 0 N–H and O–H groups in total. The molecule has 0 radical (unpaired) electrons. The lowest BCUT2D eigenvalue weighted by molar-refractivity contribution is -0.138. The summed E-state index contributed by atoms with van der Waals surface area (Å²) in [5.74, 6) is 0.491. The minimum Gasteiger partial charge on any atom is -0.339 e. The molecule has 2 aliphatic rings. The smallest absolute Gasteiger partial charge is 0.234 e. The number of piperidine rings is 1. The maximum Gasteiger partial charge on any atom is 0.234 e. The summed E-state index contributed by atoms with van der Waals surface area (Å²) in [5.41, 5.74) is 1.74. The first-order valence-corrected chi connectivity index (χ1v) is 11.1. The van der Waals surface area contributed by atoms with Crippen LogP contribution in [0.25, 0.3) is 0 Å². The Morgan fingerprint density at radius 2 is 2.03 bits per heavy atom. The first-order valence-electron chi connectivity index (χ1n) is 10.4. The number of likely N-dealkylation sites (tertiary alicyclic amines) is 1. The predicted octanol–water partition coefficient (Wildman–Crippen LogP) is 5.68. The summed E-state index contributed by atoms with van der Waals surface area (Å²) in [6, 6.07) is 7.45. The van der Waals surface area contributed by atoms with E-state index in [1.807, 2.05) is 29.8 Å². The number of aromatic nitrogens is 2. The lowest BCUT2D eigenvalue weighted by Crippen LogP contribution is -2.50. The molecular formula is C22H26Cl2N4O. The molecule has 29 heavy (non-hydrogen) atoms. The summed E-state index contributed by atoms with van der Waals surface area (Å²) < 4.78 is 1.84. The van der Waals surface area contributed by atoms with Crippen molar-refractivity contribution in [1.29, 1.82) is 0 Å². The zero-order valence-electron chi connectivity index (χ0n) is 16.8. The van der Waals surface area contributed by atoms with Gasteiger partial charge in [0.05, 0.1) is 22.3 Å². The van der Waals surface area contributed by atoms with E-state index in [0.717, 1.165) is 49.3 Å². The Labute approximate surface area is 181 Å². The van der Waals surface area contributed by atoms with Crippen LogP contribution < -0.4 is 0 Å². The molecular weight excluding hydrogens is 407 g/mol. The Morgan fingerprint density at radius 1 is 1.21 bits per heavy atom. The highest BCUT2D eigenvalue weighted by molar-refractivity contribution is 6.42. The fourth-order valence-electron chi connectivity index (χ4n) is 4.68. The Balaban J connectivity index is 1.76. The summed E-state index contributed by atoms with van der Waals surface area (Å²) >= 11 is 12.5. The molecule has 154 valence electrons. The maximum absolute atomic E-state index is 13.9. The molecule has 7 heteroatoms. The Hall–Kier alpha value is -1.85. The Kier molecular flexibility index (Phi) is 5.98. The van der Waals surface area contributed by atoms with E-state index in [9.17, 15) is 4.79 Å². The van der Waals surface area contributed by atoms with Gasteiger partial charge in [0.1, 0.15) is 5.92 Å². The zero-order valence-corrected chi connectivity index (χ0v) is 18.3. The van der Waals surface area contributed by atoms with Gasteiger partial charge >= 0.3 is 0 Å². The second kappa shape index (κ2) is 8.49. The minimum absolute atomic E-state index is 0.140. The van der Waals surface area contributed by atoms with Crippen molar-refractivity contribution in [3.05, 3.63) is 46.1 Å². The predicted molar refractivity (Wildman–Crippen MR) is 117 cm³/mol. The van der Waals surface area contributed by atoms with Crippen LogP contribution in [0.2, 0.25) is 10.0 Å². The van der Waals surface area contributed by atoms with Gasteiger partial charge in [-0.3, -0.25) is 4.79 Å². The SMILES string of the molecule is CCCC1CCCCN1C(=O)C1C(C)=Nc2ccnn2C1c1ccc(Cl)c(Cl)c1. The number of aliphatic imine (C=N–C) groups is 1. The lowest BCUT2D eigenvalue weighted by Gasteiger charge is -2.40. The standard InChI is InChI=1S/C22H26Cl2N4O/c1-3-6-16-7-4-5-12-27(16)22(29)20-14(2)26-19-10-11-25-28(19)21(20)15-8-9-17(23)18(24)13-15/h8-11,13,16,20-21H,3-7,12H2,1-2H3. The van der Waals surface area contributed by atoms with Crippen LogP contribution >= 0.6 is 23.2 Å². The van der Waals surface area contributed by atoms with Crippen molar-refractivity contribution in [3.63, 3.8) is 0 Å². The van der Waals surface area contributed by atoms with Gasteiger partial charge in [0.15, 0.2) is 5.82 Å². The van der Waals surface area contributed by atoms with Crippen molar-refractivity contribution >= 4 is 40.6 Å². The van der Waals surface area contributed by atoms with E-state index < -0.39 is 5.92 Å². The van der Waals surface area contributed by atoms with E-state index in [4.69, 9.17) is 28.2 Å².